The largest absolute Gasteiger partial charge is 0.396 e. The summed E-state index contributed by atoms with van der Waals surface area (Å²) in [6.45, 7) is 0.512. The molecule has 1 aromatic carbocycles. The van der Waals surface area contributed by atoms with Crippen molar-refractivity contribution in [3.63, 3.8) is 0 Å². The minimum absolute atomic E-state index is 0.142. The molecule has 3 N–H and O–H groups in total. The molecule has 1 atom stereocenters. The van der Waals surface area contributed by atoms with Crippen LogP contribution in [0.5, 0.6) is 0 Å². The van der Waals surface area contributed by atoms with E-state index in [1.54, 1.807) is 11.1 Å². The van der Waals surface area contributed by atoms with Gasteiger partial charge in [0.05, 0.1) is 17.3 Å². The van der Waals surface area contributed by atoms with E-state index < -0.39 is 17.5 Å². The minimum atomic E-state index is -0.862. The first-order valence-electron chi connectivity index (χ1n) is 6.76. The van der Waals surface area contributed by atoms with Gasteiger partial charge in [-0.2, -0.15) is 0 Å². The highest BCUT2D eigenvalue weighted by molar-refractivity contribution is 5.95. The highest BCUT2D eigenvalue weighted by atomic mass is 19.1. The van der Waals surface area contributed by atoms with Gasteiger partial charge < -0.3 is 15.6 Å². The number of nitrogen functional groups attached to an aromatic ring is 1. The number of nitrogens with one attached hydrogen (secondary N) is 1. The molecule has 1 aliphatic rings. The molecule has 6 heteroatoms. The van der Waals surface area contributed by atoms with Gasteiger partial charge in [0, 0.05) is 18.4 Å². The molecule has 0 spiro atoms. The summed E-state index contributed by atoms with van der Waals surface area (Å²) >= 11 is 0. The van der Waals surface area contributed by atoms with E-state index in [0.29, 0.717) is 6.54 Å². The van der Waals surface area contributed by atoms with Gasteiger partial charge in [0.2, 0.25) is 0 Å². The maximum atomic E-state index is 14.0. The third kappa shape index (κ3) is 2.37. The van der Waals surface area contributed by atoms with Crippen LogP contribution in [0.3, 0.4) is 0 Å². The van der Waals surface area contributed by atoms with Crippen LogP contribution in [0.15, 0.2) is 30.5 Å². The van der Waals surface area contributed by atoms with Crippen molar-refractivity contribution in [3.8, 4) is 0 Å². The lowest BCUT2D eigenvalue weighted by Gasteiger charge is -2.24. The molecule has 1 saturated heterocycles. The van der Waals surface area contributed by atoms with Crippen molar-refractivity contribution in [1.82, 2.24) is 9.88 Å². The zero-order chi connectivity index (χ0) is 15.0. The number of likely N-dealkylation sites (tertiary alicyclic amines) is 1. The molecule has 4 nitrogen and oxygen atoms in total. The summed E-state index contributed by atoms with van der Waals surface area (Å²) in [4.78, 5) is 17.2. The maximum absolute atomic E-state index is 14.0. The van der Waals surface area contributed by atoms with Crippen molar-refractivity contribution >= 4 is 11.6 Å². The molecule has 2 aromatic rings. The number of halogens is 2. The van der Waals surface area contributed by atoms with Crippen LogP contribution in [-0.2, 0) is 0 Å². The number of nitrogens with zero attached hydrogens (tertiary/aromatic N) is 1. The molecule has 0 saturated carbocycles. The maximum Gasteiger partial charge on any atom is 0.257 e. The monoisotopic (exact) mass is 291 g/mol. The van der Waals surface area contributed by atoms with Crippen LogP contribution in [0.4, 0.5) is 14.5 Å². The van der Waals surface area contributed by atoms with Crippen molar-refractivity contribution in [3.05, 3.63) is 53.4 Å². The molecule has 1 aromatic heterocycles. The Morgan fingerprint density at radius 3 is 2.90 bits per heavy atom. The van der Waals surface area contributed by atoms with E-state index in [1.807, 2.05) is 12.1 Å². The lowest BCUT2D eigenvalue weighted by molar-refractivity contribution is 0.0728. The molecule has 1 aliphatic heterocycles. The van der Waals surface area contributed by atoms with E-state index in [1.165, 1.54) is 0 Å². The SMILES string of the molecule is Nc1cc(F)cc(C(=O)N2CCCC2c2ccc[nH]2)c1F. The Hall–Kier alpha value is -2.37. The first-order valence-corrected chi connectivity index (χ1v) is 6.76. The lowest BCUT2D eigenvalue weighted by Crippen LogP contribution is -2.31. The summed E-state index contributed by atoms with van der Waals surface area (Å²) < 4.78 is 27.4. The highest BCUT2D eigenvalue weighted by Crippen LogP contribution is 2.33. The van der Waals surface area contributed by atoms with Crippen LogP contribution in [0.2, 0.25) is 0 Å². The first-order chi connectivity index (χ1) is 10.1. The van der Waals surface area contributed by atoms with Crippen LogP contribution in [0.1, 0.15) is 34.9 Å². The Labute approximate surface area is 120 Å². The van der Waals surface area contributed by atoms with Crippen molar-refractivity contribution in [1.29, 1.82) is 0 Å². The van der Waals surface area contributed by atoms with E-state index in [2.05, 4.69) is 4.98 Å². The number of carbonyl (C=O) groups is 1. The average molecular weight is 291 g/mol. The van der Waals surface area contributed by atoms with Crippen LogP contribution in [0.25, 0.3) is 0 Å². The number of benzene rings is 1. The van der Waals surface area contributed by atoms with Gasteiger partial charge in [-0.25, -0.2) is 8.78 Å². The number of aromatic nitrogens is 1. The number of rotatable bonds is 2. The predicted molar refractivity (Wildman–Crippen MR) is 74.6 cm³/mol. The number of H-pyrrole nitrogens is 1. The van der Waals surface area contributed by atoms with E-state index >= 15 is 0 Å². The average Bonchev–Trinajstić information content (AvgIpc) is 3.11. The van der Waals surface area contributed by atoms with Crippen molar-refractivity contribution < 1.29 is 13.6 Å². The van der Waals surface area contributed by atoms with Crippen LogP contribution < -0.4 is 5.73 Å². The molecule has 1 unspecified atom stereocenters. The van der Waals surface area contributed by atoms with Gasteiger partial charge in [-0.15, -0.1) is 0 Å². The number of hydrogen-bond acceptors (Lipinski definition) is 2. The van der Waals surface area contributed by atoms with Gasteiger partial charge >= 0.3 is 0 Å². The van der Waals surface area contributed by atoms with Crippen molar-refractivity contribution in [2.75, 3.05) is 12.3 Å². The second-order valence-electron chi connectivity index (χ2n) is 5.14. The van der Waals surface area contributed by atoms with Gasteiger partial charge in [0.25, 0.3) is 5.91 Å². The zero-order valence-corrected chi connectivity index (χ0v) is 11.3. The second kappa shape index (κ2) is 5.20. The fraction of sp³-hybridized carbons (Fsp3) is 0.267. The van der Waals surface area contributed by atoms with Gasteiger partial charge in [-0.1, -0.05) is 0 Å². The summed E-state index contributed by atoms with van der Waals surface area (Å²) in [7, 11) is 0. The number of aromatic amines is 1. The molecule has 0 aliphatic carbocycles. The summed E-state index contributed by atoms with van der Waals surface area (Å²) in [6.07, 6.45) is 3.39. The topological polar surface area (TPSA) is 62.1 Å². The van der Waals surface area contributed by atoms with E-state index in [4.69, 9.17) is 5.73 Å². The zero-order valence-electron chi connectivity index (χ0n) is 11.3. The van der Waals surface area contributed by atoms with Gasteiger partial charge in [0.1, 0.15) is 5.82 Å². The summed E-state index contributed by atoms with van der Waals surface area (Å²) in [5.74, 6) is -2.11. The normalized spacial score (nSPS) is 18.2. The van der Waals surface area contributed by atoms with Gasteiger partial charge in [-0.05, 0) is 37.1 Å². The number of amides is 1. The Bertz CT molecular complexity index is 670. The molecule has 2 heterocycles. The molecule has 0 bridgehead atoms. The molecule has 1 fully saturated rings. The van der Waals surface area contributed by atoms with Crippen LogP contribution >= 0.6 is 0 Å². The fourth-order valence-corrected chi connectivity index (χ4v) is 2.81. The van der Waals surface area contributed by atoms with E-state index in [0.717, 1.165) is 30.7 Å². The molecular weight excluding hydrogens is 276 g/mol. The minimum Gasteiger partial charge on any atom is -0.396 e. The molecular formula is C15H15F2N3O. The predicted octanol–water partition coefficient (Wildman–Crippen LogP) is 2.85. The fourth-order valence-electron chi connectivity index (χ4n) is 2.81. The number of anilines is 1. The number of carbonyl (C=O) groups excluding carboxylic acids is 1. The van der Waals surface area contributed by atoms with Crippen molar-refractivity contribution in [2.24, 2.45) is 0 Å². The standard InChI is InChI=1S/C15H15F2N3O/c16-9-7-10(14(17)11(18)8-9)15(21)20-6-2-4-13(20)12-3-1-5-19-12/h1,3,5,7-8,13,19H,2,4,6,18H2. The van der Waals surface area contributed by atoms with E-state index in [-0.39, 0.29) is 17.3 Å². The van der Waals surface area contributed by atoms with Crippen LogP contribution in [-0.4, -0.2) is 22.3 Å². The smallest absolute Gasteiger partial charge is 0.257 e. The van der Waals surface area contributed by atoms with E-state index in [9.17, 15) is 13.6 Å². The quantitative estimate of drug-likeness (QED) is 0.836. The Morgan fingerprint density at radius 2 is 2.19 bits per heavy atom. The summed E-state index contributed by atoms with van der Waals surface area (Å²) in [6, 6.07) is 5.36. The first kappa shape index (κ1) is 13.6. The number of hydrogen-bond donors (Lipinski definition) is 2. The van der Waals surface area contributed by atoms with Gasteiger partial charge in [0.15, 0.2) is 5.82 Å². The summed E-state index contributed by atoms with van der Waals surface area (Å²) in [5.41, 5.74) is 5.62. The molecule has 1 amide bonds. The summed E-state index contributed by atoms with van der Waals surface area (Å²) in [5, 5.41) is 0. The van der Waals surface area contributed by atoms with Crippen LogP contribution in [0, 0.1) is 11.6 Å². The second-order valence-corrected chi connectivity index (χ2v) is 5.14. The number of nitrogens with two attached hydrogens (primary N) is 1. The highest BCUT2D eigenvalue weighted by Gasteiger charge is 2.32. The molecule has 3 rings (SSSR count). The van der Waals surface area contributed by atoms with Crippen molar-refractivity contribution in [2.45, 2.75) is 18.9 Å². The molecule has 21 heavy (non-hydrogen) atoms. The Kier molecular flexibility index (Phi) is 3.37. The Balaban J connectivity index is 1.95. The molecule has 110 valence electrons. The third-order valence-electron chi connectivity index (χ3n) is 3.79. The van der Waals surface area contributed by atoms with Gasteiger partial charge in [-0.3, -0.25) is 4.79 Å². The molecule has 0 radical (unpaired) electrons. The Morgan fingerprint density at radius 1 is 1.38 bits per heavy atom. The third-order valence-corrected chi connectivity index (χ3v) is 3.79. The lowest BCUT2D eigenvalue weighted by atomic mass is 10.1.